The van der Waals surface area contributed by atoms with Crippen molar-refractivity contribution in [2.24, 2.45) is 0 Å². The summed E-state index contributed by atoms with van der Waals surface area (Å²) >= 11 is 1.38. The molecule has 0 spiro atoms. The van der Waals surface area contributed by atoms with Gasteiger partial charge in [0.2, 0.25) is 5.75 Å². The molecule has 2 aromatic rings. The summed E-state index contributed by atoms with van der Waals surface area (Å²) in [5.74, 6) is 0.749. The number of ether oxygens (including phenoxy) is 3. The van der Waals surface area contributed by atoms with Gasteiger partial charge in [-0.15, -0.1) is 11.3 Å². The lowest BCUT2D eigenvalue weighted by Gasteiger charge is -2.18. The lowest BCUT2D eigenvalue weighted by Crippen LogP contribution is -2.37. The molecule has 8 nitrogen and oxygen atoms in total. The van der Waals surface area contributed by atoms with E-state index in [4.69, 9.17) is 14.2 Å². The second-order valence-corrected chi connectivity index (χ2v) is 7.13. The average molecular weight is 405 g/mol. The summed E-state index contributed by atoms with van der Waals surface area (Å²) in [6, 6.07) is 3.28. The summed E-state index contributed by atoms with van der Waals surface area (Å²) in [6.45, 7) is 0. The van der Waals surface area contributed by atoms with Crippen LogP contribution in [-0.4, -0.2) is 50.2 Å². The molecule has 0 radical (unpaired) electrons. The van der Waals surface area contributed by atoms with Crippen molar-refractivity contribution in [2.75, 3.05) is 21.3 Å². The number of methoxy groups -OCH3 is 3. The van der Waals surface area contributed by atoms with E-state index in [9.17, 15) is 9.59 Å². The number of nitrogens with zero attached hydrogens (tertiary/aromatic N) is 1. The molecule has 1 aliphatic carbocycles. The highest BCUT2D eigenvalue weighted by molar-refractivity contribution is 7.07. The summed E-state index contributed by atoms with van der Waals surface area (Å²) < 4.78 is 16.0. The predicted molar refractivity (Wildman–Crippen MR) is 105 cm³/mol. The lowest BCUT2D eigenvalue weighted by molar-refractivity contribution is 0.0932. The van der Waals surface area contributed by atoms with Crippen molar-refractivity contribution in [1.29, 1.82) is 0 Å². The van der Waals surface area contributed by atoms with E-state index in [-0.39, 0.29) is 23.9 Å². The second kappa shape index (κ2) is 8.92. The van der Waals surface area contributed by atoms with Crippen LogP contribution in [0.5, 0.6) is 17.2 Å². The van der Waals surface area contributed by atoms with Crippen LogP contribution in [0.25, 0.3) is 0 Å². The van der Waals surface area contributed by atoms with Crippen LogP contribution in [-0.2, 0) is 0 Å². The van der Waals surface area contributed by atoms with E-state index in [2.05, 4.69) is 15.6 Å². The fraction of sp³-hybridized carbons (Fsp3) is 0.421. The van der Waals surface area contributed by atoms with Crippen LogP contribution < -0.4 is 24.8 Å². The number of nitrogens with one attached hydrogen (secondary N) is 2. The third kappa shape index (κ3) is 4.19. The zero-order valence-electron chi connectivity index (χ0n) is 16.0. The van der Waals surface area contributed by atoms with Crippen LogP contribution >= 0.6 is 11.3 Å². The number of benzene rings is 1. The Morgan fingerprint density at radius 2 is 1.68 bits per heavy atom. The van der Waals surface area contributed by atoms with E-state index < -0.39 is 0 Å². The fourth-order valence-corrected chi connectivity index (χ4v) is 3.90. The van der Waals surface area contributed by atoms with Gasteiger partial charge >= 0.3 is 0 Å². The molecule has 28 heavy (non-hydrogen) atoms. The number of hydrogen-bond donors (Lipinski definition) is 2. The molecule has 150 valence electrons. The summed E-state index contributed by atoms with van der Waals surface area (Å²) in [5.41, 5.74) is 2.42. The van der Waals surface area contributed by atoms with Gasteiger partial charge in [0, 0.05) is 17.5 Å². The molecule has 2 amide bonds. The van der Waals surface area contributed by atoms with Gasteiger partial charge < -0.3 is 24.8 Å². The van der Waals surface area contributed by atoms with Crippen LogP contribution in [0.4, 0.5) is 0 Å². The Morgan fingerprint density at radius 3 is 2.25 bits per heavy atom. The minimum atomic E-state index is -0.255. The monoisotopic (exact) mass is 405 g/mol. The summed E-state index contributed by atoms with van der Waals surface area (Å²) in [6.07, 6.45) is 2.24. The molecule has 1 fully saturated rings. The molecular formula is C19H23N3O5S. The number of rotatable bonds is 7. The van der Waals surface area contributed by atoms with Crippen LogP contribution in [0.3, 0.4) is 0 Å². The fourth-order valence-electron chi connectivity index (χ4n) is 3.37. The van der Waals surface area contributed by atoms with Crippen molar-refractivity contribution >= 4 is 23.2 Å². The van der Waals surface area contributed by atoms with Crippen LogP contribution in [0, 0.1) is 0 Å². The molecule has 0 bridgehead atoms. The molecule has 3 rings (SSSR count). The largest absolute Gasteiger partial charge is 0.493 e. The smallest absolute Gasteiger partial charge is 0.270 e. The van der Waals surface area contributed by atoms with Crippen molar-refractivity contribution in [1.82, 2.24) is 15.6 Å². The van der Waals surface area contributed by atoms with Crippen LogP contribution in [0.15, 0.2) is 23.0 Å². The third-order valence-corrected chi connectivity index (χ3v) is 5.30. The van der Waals surface area contributed by atoms with E-state index in [1.165, 1.54) is 32.7 Å². The maximum atomic E-state index is 12.8. The standard InChI is InChI=1S/C19H23N3O5S/c1-25-15-7-6-13(16(26-2)17(15)27-3)18(23)21-11-4-5-12(8-11)22-19(24)14-9-28-10-20-14/h6-7,9-12H,4-5,8H2,1-3H3,(H,21,23)(H,22,24). The normalized spacial score (nSPS) is 18.4. The highest BCUT2D eigenvalue weighted by atomic mass is 32.1. The van der Waals surface area contributed by atoms with Crippen LogP contribution in [0.1, 0.15) is 40.1 Å². The van der Waals surface area contributed by atoms with E-state index in [1.54, 1.807) is 23.0 Å². The minimum Gasteiger partial charge on any atom is -0.493 e. The van der Waals surface area contributed by atoms with Gasteiger partial charge in [0.1, 0.15) is 5.69 Å². The Hall–Kier alpha value is -2.81. The molecule has 2 atom stereocenters. The zero-order valence-corrected chi connectivity index (χ0v) is 16.8. The van der Waals surface area contributed by atoms with Crippen molar-refractivity contribution < 1.29 is 23.8 Å². The number of carbonyl (C=O) groups is 2. The topological polar surface area (TPSA) is 98.8 Å². The molecule has 2 N–H and O–H groups in total. The summed E-state index contributed by atoms with van der Waals surface area (Å²) in [4.78, 5) is 28.9. The highest BCUT2D eigenvalue weighted by Gasteiger charge is 2.29. The second-order valence-electron chi connectivity index (χ2n) is 6.41. The van der Waals surface area contributed by atoms with Gasteiger partial charge in [-0.3, -0.25) is 9.59 Å². The molecule has 1 aromatic heterocycles. The summed E-state index contributed by atoms with van der Waals surface area (Å²) in [7, 11) is 4.50. The molecule has 1 aliphatic rings. The van der Waals surface area contributed by atoms with Crippen molar-refractivity contribution in [3.05, 3.63) is 34.3 Å². The van der Waals surface area contributed by atoms with Gasteiger partial charge in [-0.2, -0.15) is 0 Å². The number of hydrogen-bond acceptors (Lipinski definition) is 7. The number of carbonyl (C=O) groups excluding carboxylic acids is 2. The van der Waals surface area contributed by atoms with Crippen molar-refractivity contribution in [3.8, 4) is 17.2 Å². The lowest BCUT2D eigenvalue weighted by atomic mass is 10.1. The first kappa shape index (κ1) is 19.9. The molecule has 1 aromatic carbocycles. The van der Waals surface area contributed by atoms with Gasteiger partial charge in [0.15, 0.2) is 11.5 Å². The molecule has 9 heteroatoms. The molecule has 2 unspecified atom stereocenters. The van der Waals surface area contributed by atoms with E-state index in [0.717, 1.165) is 12.8 Å². The Balaban J connectivity index is 1.63. The number of thiazole rings is 1. The Labute approximate surface area is 167 Å². The molecular weight excluding hydrogens is 382 g/mol. The zero-order chi connectivity index (χ0) is 20.1. The Morgan fingerprint density at radius 1 is 1.00 bits per heavy atom. The van der Waals surface area contributed by atoms with Gasteiger partial charge in [-0.1, -0.05) is 0 Å². The number of amides is 2. The van der Waals surface area contributed by atoms with E-state index in [0.29, 0.717) is 34.9 Å². The first-order chi connectivity index (χ1) is 13.6. The van der Waals surface area contributed by atoms with Crippen LogP contribution in [0.2, 0.25) is 0 Å². The molecule has 0 aliphatic heterocycles. The summed E-state index contributed by atoms with van der Waals surface area (Å²) in [5, 5.41) is 7.70. The van der Waals surface area contributed by atoms with Crippen molar-refractivity contribution in [2.45, 2.75) is 31.3 Å². The van der Waals surface area contributed by atoms with Gasteiger partial charge in [0.25, 0.3) is 11.8 Å². The Kier molecular flexibility index (Phi) is 6.35. The highest BCUT2D eigenvalue weighted by Crippen LogP contribution is 2.39. The first-order valence-electron chi connectivity index (χ1n) is 8.86. The van der Waals surface area contributed by atoms with Gasteiger partial charge in [0.05, 0.1) is 32.4 Å². The Bertz CT molecular complexity index is 840. The predicted octanol–water partition coefficient (Wildman–Crippen LogP) is 2.25. The van der Waals surface area contributed by atoms with Gasteiger partial charge in [-0.25, -0.2) is 4.98 Å². The first-order valence-corrected chi connectivity index (χ1v) is 9.80. The minimum absolute atomic E-state index is 0.00630. The van der Waals surface area contributed by atoms with E-state index >= 15 is 0 Å². The molecule has 0 saturated heterocycles. The number of aromatic nitrogens is 1. The molecule has 1 heterocycles. The quantitative estimate of drug-likeness (QED) is 0.733. The maximum Gasteiger partial charge on any atom is 0.270 e. The van der Waals surface area contributed by atoms with E-state index in [1.807, 2.05) is 0 Å². The van der Waals surface area contributed by atoms with Gasteiger partial charge in [-0.05, 0) is 31.4 Å². The average Bonchev–Trinajstić information content (AvgIpc) is 3.38. The third-order valence-electron chi connectivity index (χ3n) is 4.72. The maximum absolute atomic E-state index is 12.8. The SMILES string of the molecule is COc1ccc(C(=O)NC2CCC(NC(=O)c3cscn3)C2)c(OC)c1OC. The molecule has 1 saturated carbocycles. The van der Waals surface area contributed by atoms with Crippen molar-refractivity contribution in [3.63, 3.8) is 0 Å².